The lowest BCUT2D eigenvalue weighted by Gasteiger charge is -2.30. The van der Waals surface area contributed by atoms with Crippen LogP contribution in [0.1, 0.15) is 49.5 Å². The van der Waals surface area contributed by atoms with Crippen LogP contribution in [-0.4, -0.2) is 32.7 Å². The van der Waals surface area contributed by atoms with Gasteiger partial charge in [-0.1, -0.05) is 44.0 Å². The number of hydrogen-bond acceptors (Lipinski definition) is 4. The van der Waals surface area contributed by atoms with Gasteiger partial charge in [-0.2, -0.15) is 0 Å². The molecule has 2 heterocycles. The predicted octanol–water partition coefficient (Wildman–Crippen LogP) is 4.22. The Bertz CT molecular complexity index is 502. The molecule has 0 N–H and O–H groups in total. The summed E-state index contributed by atoms with van der Waals surface area (Å²) < 4.78 is 46.1. The van der Waals surface area contributed by atoms with E-state index in [2.05, 4.69) is 16.4 Å². The summed E-state index contributed by atoms with van der Waals surface area (Å²) >= 11 is 0. The number of ether oxygens (including phenoxy) is 4. The third-order valence-corrected chi connectivity index (χ3v) is 4.52. The molecule has 6 heteroatoms. The van der Waals surface area contributed by atoms with E-state index in [4.69, 9.17) is 9.47 Å². The van der Waals surface area contributed by atoms with Crippen LogP contribution in [0.15, 0.2) is 24.3 Å². The van der Waals surface area contributed by atoms with Gasteiger partial charge in [-0.05, 0) is 12.0 Å². The fourth-order valence-corrected chi connectivity index (χ4v) is 3.00. The van der Waals surface area contributed by atoms with Crippen LogP contribution in [-0.2, 0) is 18.9 Å². The van der Waals surface area contributed by atoms with E-state index in [1.165, 1.54) is 12.8 Å². The van der Waals surface area contributed by atoms with Gasteiger partial charge in [0, 0.05) is 17.4 Å². The molecule has 0 atom stereocenters. The summed E-state index contributed by atoms with van der Waals surface area (Å²) in [5.41, 5.74) is 1.85. The lowest BCUT2D eigenvalue weighted by atomic mass is 9.98. The van der Waals surface area contributed by atoms with E-state index in [0.717, 1.165) is 17.5 Å². The van der Waals surface area contributed by atoms with Crippen molar-refractivity contribution in [2.45, 2.75) is 44.7 Å². The maximum atomic E-state index is 12.8. The molecule has 0 aromatic heterocycles. The summed E-state index contributed by atoms with van der Waals surface area (Å²) in [7, 11) is 0. The van der Waals surface area contributed by atoms with Crippen LogP contribution in [0.5, 0.6) is 0 Å². The Labute approximate surface area is 141 Å². The van der Waals surface area contributed by atoms with Crippen molar-refractivity contribution in [1.82, 2.24) is 0 Å². The van der Waals surface area contributed by atoms with Crippen molar-refractivity contribution in [3.8, 4) is 0 Å². The first-order valence-electron chi connectivity index (χ1n) is 8.56. The van der Waals surface area contributed by atoms with Crippen LogP contribution >= 0.6 is 0 Å². The first kappa shape index (κ1) is 17.7. The molecular formula is C18H24F2O4. The molecule has 0 amide bonds. The molecule has 0 unspecified atom stereocenters. The van der Waals surface area contributed by atoms with Gasteiger partial charge in [-0.15, -0.1) is 8.78 Å². The third kappa shape index (κ3) is 4.51. The minimum atomic E-state index is -3.46. The molecule has 3 rings (SSSR count). The number of rotatable bonds is 5. The first-order valence-corrected chi connectivity index (χ1v) is 8.56. The Morgan fingerprint density at radius 2 is 1.54 bits per heavy atom. The molecular weight excluding hydrogens is 318 g/mol. The second-order valence-corrected chi connectivity index (χ2v) is 6.46. The zero-order valence-electron chi connectivity index (χ0n) is 13.9. The molecule has 2 fully saturated rings. The average molecular weight is 342 g/mol. The highest BCUT2D eigenvalue weighted by atomic mass is 19.3. The van der Waals surface area contributed by atoms with Crippen molar-refractivity contribution in [3.63, 3.8) is 0 Å². The summed E-state index contributed by atoms with van der Waals surface area (Å²) in [6, 6.07) is 7.62. The molecule has 2 aliphatic heterocycles. The van der Waals surface area contributed by atoms with Crippen molar-refractivity contribution in [3.05, 3.63) is 35.4 Å². The third-order valence-electron chi connectivity index (χ3n) is 4.52. The Balaban J connectivity index is 1.52. The molecule has 2 saturated heterocycles. The maximum Gasteiger partial charge on any atom is 0.485 e. The number of halogens is 2. The van der Waals surface area contributed by atoms with Crippen LogP contribution in [0.4, 0.5) is 8.78 Å². The van der Waals surface area contributed by atoms with Gasteiger partial charge in [0.2, 0.25) is 0 Å². The predicted molar refractivity (Wildman–Crippen MR) is 83.7 cm³/mol. The fourth-order valence-electron chi connectivity index (χ4n) is 3.00. The maximum absolute atomic E-state index is 12.8. The minimum Gasteiger partial charge on any atom is -0.348 e. The zero-order valence-corrected chi connectivity index (χ0v) is 13.9. The highest BCUT2D eigenvalue weighted by molar-refractivity contribution is 5.26. The minimum absolute atomic E-state index is 0.0537. The summed E-state index contributed by atoms with van der Waals surface area (Å²) in [5, 5.41) is 0. The SMILES string of the molecule is CCCCC1COC(c2ccc(C3COC(F)(F)OC3)cc2)OC1. The molecule has 0 aliphatic carbocycles. The van der Waals surface area contributed by atoms with Crippen molar-refractivity contribution in [2.24, 2.45) is 5.92 Å². The molecule has 1 aromatic carbocycles. The van der Waals surface area contributed by atoms with Crippen molar-refractivity contribution in [2.75, 3.05) is 26.4 Å². The topological polar surface area (TPSA) is 36.9 Å². The van der Waals surface area contributed by atoms with E-state index in [1.807, 2.05) is 24.3 Å². The summed E-state index contributed by atoms with van der Waals surface area (Å²) in [5.74, 6) is 0.281. The molecule has 4 nitrogen and oxygen atoms in total. The van der Waals surface area contributed by atoms with Crippen LogP contribution in [0.3, 0.4) is 0 Å². The summed E-state index contributed by atoms with van der Waals surface area (Å²) in [6.07, 6.45) is -0.299. The molecule has 24 heavy (non-hydrogen) atoms. The van der Waals surface area contributed by atoms with Gasteiger partial charge < -0.3 is 9.47 Å². The smallest absolute Gasteiger partial charge is 0.348 e. The number of unbranched alkanes of at least 4 members (excludes halogenated alkanes) is 1. The lowest BCUT2D eigenvalue weighted by molar-refractivity contribution is -0.414. The summed E-state index contributed by atoms with van der Waals surface area (Å²) in [4.78, 5) is 0. The van der Waals surface area contributed by atoms with E-state index < -0.39 is 6.29 Å². The molecule has 134 valence electrons. The molecule has 1 aromatic rings. The normalized spacial score (nSPS) is 28.0. The van der Waals surface area contributed by atoms with Crippen molar-refractivity contribution in [1.29, 1.82) is 0 Å². The molecule has 0 radical (unpaired) electrons. The number of alkyl halides is 2. The largest absolute Gasteiger partial charge is 0.485 e. The van der Waals surface area contributed by atoms with Gasteiger partial charge in [-0.25, -0.2) is 0 Å². The summed E-state index contributed by atoms with van der Waals surface area (Å²) in [6.45, 7) is 3.50. The second kappa shape index (κ2) is 7.87. The second-order valence-electron chi connectivity index (χ2n) is 6.46. The van der Waals surface area contributed by atoms with E-state index >= 15 is 0 Å². The Hall–Kier alpha value is -1.08. The van der Waals surface area contributed by atoms with Crippen LogP contribution < -0.4 is 0 Å². The molecule has 2 aliphatic rings. The highest BCUT2D eigenvalue weighted by Crippen LogP contribution is 2.32. The Kier molecular flexibility index (Phi) is 5.81. The van der Waals surface area contributed by atoms with Crippen molar-refractivity contribution < 1.29 is 27.7 Å². The number of hydrogen-bond donors (Lipinski definition) is 0. The van der Waals surface area contributed by atoms with E-state index in [9.17, 15) is 8.78 Å². The van der Waals surface area contributed by atoms with Crippen LogP contribution in [0.2, 0.25) is 0 Å². The average Bonchev–Trinajstić information content (AvgIpc) is 2.61. The zero-order chi connectivity index (χ0) is 17.0. The van der Waals surface area contributed by atoms with E-state index in [0.29, 0.717) is 19.1 Å². The van der Waals surface area contributed by atoms with Gasteiger partial charge in [0.25, 0.3) is 0 Å². The van der Waals surface area contributed by atoms with E-state index in [-0.39, 0.29) is 25.4 Å². The standard InChI is InChI=1S/C18H24F2O4/c1-2-3-4-13-9-21-17(22-10-13)15-7-5-14(6-8-15)16-11-23-18(19,20)24-12-16/h5-8,13,16-17H,2-4,9-12H2,1H3. The van der Waals surface area contributed by atoms with Gasteiger partial charge >= 0.3 is 6.29 Å². The van der Waals surface area contributed by atoms with E-state index in [1.54, 1.807) is 0 Å². The molecule has 0 spiro atoms. The van der Waals surface area contributed by atoms with Crippen molar-refractivity contribution >= 4 is 0 Å². The molecule has 0 saturated carbocycles. The van der Waals surface area contributed by atoms with Gasteiger partial charge in [0.15, 0.2) is 6.29 Å². The van der Waals surface area contributed by atoms with Crippen LogP contribution in [0.25, 0.3) is 0 Å². The van der Waals surface area contributed by atoms with Gasteiger partial charge in [0.1, 0.15) is 0 Å². The Morgan fingerprint density at radius 3 is 2.12 bits per heavy atom. The Morgan fingerprint density at radius 1 is 0.958 bits per heavy atom. The molecule has 0 bridgehead atoms. The fraction of sp³-hybridized carbons (Fsp3) is 0.667. The monoisotopic (exact) mass is 342 g/mol. The van der Waals surface area contributed by atoms with Crippen LogP contribution in [0, 0.1) is 5.92 Å². The lowest BCUT2D eigenvalue weighted by Crippen LogP contribution is -2.36. The number of benzene rings is 1. The van der Waals surface area contributed by atoms with Gasteiger partial charge in [-0.3, -0.25) is 9.47 Å². The highest BCUT2D eigenvalue weighted by Gasteiger charge is 2.38. The quantitative estimate of drug-likeness (QED) is 0.803. The van der Waals surface area contributed by atoms with Gasteiger partial charge in [0.05, 0.1) is 26.4 Å². The first-order chi connectivity index (χ1) is 11.6.